The topological polar surface area (TPSA) is 43.6 Å². The quantitative estimate of drug-likeness (QED) is 0.402. The van der Waals surface area contributed by atoms with Crippen LogP contribution in [0.15, 0.2) is 60.9 Å². The van der Waals surface area contributed by atoms with Crippen LogP contribution >= 0.6 is 0 Å². The van der Waals surface area contributed by atoms with Crippen molar-refractivity contribution >= 4 is 11.0 Å². The highest BCUT2D eigenvalue weighted by atomic mass is 19.4. The van der Waals surface area contributed by atoms with Gasteiger partial charge in [-0.3, -0.25) is 9.97 Å². The molecule has 0 amide bonds. The summed E-state index contributed by atoms with van der Waals surface area (Å²) in [4.78, 5) is 11.7. The van der Waals surface area contributed by atoms with Crippen LogP contribution in [0.5, 0.6) is 0 Å². The Balaban J connectivity index is 1.83. The van der Waals surface area contributed by atoms with E-state index in [1.54, 1.807) is 6.07 Å². The normalized spacial score (nSPS) is 12.5. The zero-order valence-electron chi connectivity index (χ0n) is 14.3. The van der Waals surface area contributed by atoms with E-state index < -0.39 is 23.9 Å². The second kappa shape index (κ2) is 6.57. The summed E-state index contributed by atoms with van der Waals surface area (Å²) in [7, 11) is 0. The standard InChI is InChI=1S/C19H10F6N4/c20-18(21,22)12-4-3-9-26-16(12)11-7-8-14(27-10-11)17-28-13-5-1-2-6-15(13)29(17)19(23,24)25/h1-10H. The highest BCUT2D eigenvalue weighted by Crippen LogP contribution is 2.37. The molecule has 0 saturated heterocycles. The van der Waals surface area contributed by atoms with Crippen molar-refractivity contribution in [3.63, 3.8) is 0 Å². The van der Waals surface area contributed by atoms with Gasteiger partial charge in [0.05, 0.1) is 22.3 Å². The van der Waals surface area contributed by atoms with Crippen LogP contribution in [0.3, 0.4) is 0 Å². The van der Waals surface area contributed by atoms with Crippen molar-refractivity contribution in [2.45, 2.75) is 12.5 Å². The fourth-order valence-corrected chi connectivity index (χ4v) is 2.98. The Morgan fingerprint density at radius 2 is 1.55 bits per heavy atom. The number of aromatic nitrogens is 4. The first kappa shape index (κ1) is 18.9. The molecule has 1 aromatic carbocycles. The summed E-state index contributed by atoms with van der Waals surface area (Å²) in [6.07, 6.45) is -7.14. The molecule has 0 aliphatic rings. The lowest BCUT2D eigenvalue weighted by Gasteiger charge is -2.13. The number of nitrogens with zero attached hydrogens (tertiary/aromatic N) is 4. The zero-order valence-corrected chi connectivity index (χ0v) is 14.3. The van der Waals surface area contributed by atoms with Crippen molar-refractivity contribution in [2.75, 3.05) is 0 Å². The van der Waals surface area contributed by atoms with E-state index in [0.29, 0.717) is 0 Å². The van der Waals surface area contributed by atoms with Gasteiger partial charge in [0.1, 0.15) is 5.69 Å². The molecule has 29 heavy (non-hydrogen) atoms. The molecule has 0 N–H and O–H groups in total. The van der Waals surface area contributed by atoms with Crippen molar-refractivity contribution in [1.82, 2.24) is 19.5 Å². The maximum absolute atomic E-state index is 13.6. The predicted molar refractivity (Wildman–Crippen MR) is 92.5 cm³/mol. The number of imidazole rings is 1. The molecule has 0 radical (unpaired) electrons. The molecule has 0 spiro atoms. The molecule has 0 aliphatic heterocycles. The molecular weight excluding hydrogens is 398 g/mol. The van der Waals surface area contributed by atoms with Crippen LogP contribution < -0.4 is 0 Å². The number of hydrogen-bond donors (Lipinski definition) is 0. The molecule has 3 heterocycles. The van der Waals surface area contributed by atoms with Crippen molar-refractivity contribution in [3.05, 3.63) is 66.5 Å². The molecule has 148 valence electrons. The molecule has 0 bridgehead atoms. The highest BCUT2D eigenvalue weighted by Gasteiger charge is 2.37. The number of rotatable bonds is 2. The van der Waals surface area contributed by atoms with Gasteiger partial charge in [0.2, 0.25) is 0 Å². The number of para-hydroxylation sites is 2. The fraction of sp³-hybridized carbons (Fsp3) is 0.105. The minimum Gasteiger partial charge on any atom is -0.256 e. The summed E-state index contributed by atoms with van der Waals surface area (Å²) in [5.74, 6) is -0.456. The molecule has 0 saturated carbocycles. The first-order valence-electron chi connectivity index (χ1n) is 8.20. The number of pyridine rings is 2. The van der Waals surface area contributed by atoms with Gasteiger partial charge in [0.15, 0.2) is 5.82 Å². The van der Waals surface area contributed by atoms with E-state index in [9.17, 15) is 26.3 Å². The Labute approximate surface area is 159 Å². The van der Waals surface area contributed by atoms with Crippen LogP contribution in [-0.4, -0.2) is 19.5 Å². The number of benzene rings is 1. The fourth-order valence-electron chi connectivity index (χ4n) is 2.98. The van der Waals surface area contributed by atoms with Crippen molar-refractivity contribution in [3.8, 4) is 22.8 Å². The van der Waals surface area contributed by atoms with Gasteiger partial charge in [-0.05, 0) is 36.4 Å². The van der Waals surface area contributed by atoms with Crippen LogP contribution in [-0.2, 0) is 12.5 Å². The Hall–Kier alpha value is -3.43. The average Bonchev–Trinajstić information content (AvgIpc) is 3.07. The van der Waals surface area contributed by atoms with Crippen molar-refractivity contribution < 1.29 is 26.3 Å². The minimum atomic E-state index is -4.75. The second-order valence-electron chi connectivity index (χ2n) is 6.06. The van der Waals surface area contributed by atoms with Gasteiger partial charge in [-0.1, -0.05) is 12.1 Å². The Morgan fingerprint density at radius 1 is 0.793 bits per heavy atom. The third-order valence-electron chi connectivity index (χ3n) is 4.19. The molecule has 0 fully saturated rings. The first-order chi connectivity index (χ1) is 13.7. The second-order valence-corrected chi connectivity index (χ2v) is 6.06. The maximum Gasteiger partial charge on any atom is 0.490 e. The van der Waals surface area contributed by atoms with Gasteiger partial charge < -0.3 is 0 Å². The molecule has 0 aliphatic carbocycles. The Bertz CT molecular complexity index is 1180. The van der Waals surface area contributed by atoms with Crippen LogP contribution in [0, 0.1) is 0 Å². The average molecular weight is 408 g/mol. The third kappa shape index (κ3) is 3.41. The summed E-state index contributed by atoms with van der Waals surface area (Å²) in [6.45, 7) is 0. The van der Waals surface area contributed by atoms with E-state index >= 15 is 0 Å². The highest BCUT2D eigenvalue weighted by molar-refractivity contribution is 5.80. The summed E-state index contributed by atoms with van der Waals surface area (Å²) < 4.78 is 80.4. The van der Waals surface area contributed by atoms with E-state index in [0.717, 1.165) is 18.3 Å². The Kier molecular flexibility index (Phi) is 4.29. The van der Waals surface area contributed by atoms with Gasteiger partial charge in [0, 0.05) is 18.0 Å². The first-order valence-corrected chi connectivity index (χ1v) is 8.20. The van der Waals surface area contributed by atoms with E-state index in [2.05, 4.69) is 15.0 Å². The molecule has 0 atom stereocenters. The monoisotopic (exact) mass is 408 g/mol. The van der Waals surface area contributed by atoms with Crippen LogP contribution in [0.25, 0.3) is 33.8 Å². The lowest BCUT2D eigenvalue weighted by molar-refractivity contribution is -0.199. The minimum absolute atomic E-state index is 0.0244. The van der Waals surface area contributed by atoms with Crippen molar-refractivity contribution in [2.24, 2.45) is 0 Å². The van der Waals surface area contributed by atoms with Crippen LogP contribution in [0.4, 0.5) is 26.3 Å². The van der Waals surface area contributed by atoms with E-state index in [1.165, 1.54) is 36.5 Å². The largest absolute Gasteiger partial charge is 0.490 e. The van der Waals surface area contributed by atoms with Crippen LogP contribution in [0.2, 0.25) is 0 Å². The number of halogens is 6. The van der Waals surface area contributed by atoms with E-state index in [-0.39, 0.29) is 32.6 Å². The van der Waals surface area contributed by atoms with Gasteiger partial charge in [-0.15, -0.1) is 13.2 Å². The summed E-state index contributed by atoms with van der Waals surface area (Å²) in [5.41, 5.74) is -1.46. The molecule has 4 aromatic rings. The van der Waals surface area contributed by atoms with Gasteiger partial charge in [-0.25, -0.2) is 9.55 Å². The summed E-state index contributed by atoms with van der Waals surface area (Å²) in [5, 5.41) is 0. The smallest absolute Gasteiger partial charge is 0.256 e. The lowest BCUT2D eigenvalue weighted by Crippen LogP contribution is -2.18. The van der Waals surface area contributed by atoms with E-state index in [1.807, 2.05) is 0 Å². The molecule has 3 aromatic heterocycles. The summed E-state index contributed by atoms with van der Waals surface area (Å²) >= 11 is 0. The number of fused-ring (bicyclic) bond motifs is 1. The number of hydrogen-bond acceptors (Lipinski definition) is 3. The van der Waals surface area contributed by atoms with Crippen molar-refractivity contribution in [1.29, 1.82) is 0 Å². The van der Waals surface area contributed by atoms with Gasteiger partial charge in [0.25, 0.3) is 0 Å². The predicted octanol–water partition coefficient (Wildman–Crippen LogP) is 5.66. The zero-order chi connectivity index (χ0) is 20.8. The number of alkyl halides is 6. The molecule has 0 unspecified atom stereocenters. The molecule has 10 heteroatoms. The van der Waals surface area contributed by atoms with Gasteiger partial charge in [-0.2, -0.15) is 13.2 Å². The molecule has 4 nitrogen and oxygen atoms in total. The van der Waals surface area contributed by atoms with Gasteiger partial charge >= 0.3 is 12.5 Å². The molecular formula is C19H10F6N4. The summed E-state index contributed by atoms with van der Waals surface area (Å²) in [6, 6.07) is 10.2. The lowest BCUT2D eigenvalue weighted by atomic mass is 10.1. The Morgan fingerprint density at radius 3 is 2.21 bits per heavy atom. The van der Waals surface area contributed by atoms with Crippen LogP contribution in [0.1, 0.15) is 5.56 Å². The molecule has 4 rings (SSSR count). The SMILES string of the molecule is FC(F)(F)c1cccnc1-c1ccc(-c2nc3ccccc3n2C(F)(F)F)nc1. The van der Waals surface area contributed by atoms with E-state index in [4.69, 9.17) is 0 Å². The third-order valence-corrected chi connectivity index (χ3v) is 4.19. The maximum atomic E-state index is 13.6.